The molecule has 5 heteroatoms. The van der Waals surface area contributed by atoms with Gasteiger partial charge in [-0.25, -0.2) is 0 Å². The van der Waals surface area contributed by atoms with Gasteiger partial charge in [-0.1, -0.05) is 48.5 Å². The first kappa shape index (κ1) is 17.1. The van der Waals surface area contributed by atoms with Crippen LogP contribution in [0.5, 0.6) is 0 Å². The van der Waals surface area contributed by atoms with Crippen LogP contribution < -0.4 is 10.6 Å². The molecule has 0 spiro atoms. The average molecular weight is 328 g/mol. The van der Waals surface area contributed by atoms with Crippen LogP contribution in [0, 0.1) is 0 Å². The zero-order valence-electron chi connectivity index (χ0n) is 13.0. The van der Waals surface area contributed by atoms with Gasteiger partial charge < -0.3 is 10.6 Å². The Hall–Kier alpha value is -2.27. The first-order valence-electron chi connectivity index (χ1n) is 7.42. The van der Waals surface area contributed by atoms with Crippen LogP contribution in [0.15, 0.2) is 60.7 Å². The summed E-state index contributed by atoms with van der Waals surface area (Å²) >= 11 is 1.30. The maximum Gasteiger partial charge on any atom is 0.234 e. The number of hydrogen-bond acceptors (Lipinski definition) is 3. The van der Waals surface area contributed by atoms with Gasteiger partial charge in [0.2, 0.25) is 11.8 Å². The molecule has 2 aromatic carbocycles. The largest absolute Gasteiger partial charge is 0.349 e. The quantitative estimate of drug-likeness (QED) is 0.820. The molecular formula is C18H20N2O2S. The summed E-state index contributed by atoms with van der Waals surface area (Å²) in [5.74, 6) is 0.338. The van der Waals surface area contributed by atoms with Gasteiger partial charge in [0.1, 0.15) is 0 Å². The molecule has 0 bridgehead atoms. The van der Waals surface area contributed by atoms with Crippen molar-refractivity contribution in [3.63, 3.8) is 0 Å². The molecule has 0 heterocycles. The zero-order valence-corrected chi connectivity index (χ0v) is 13.8. The molecule has 0 aromatic heterocycles. The first-order valence-corrected chi connectivity index (χ1v) is 8.57. The van der Waals surface area contributed by atoms with E-state index in [2.05, 4.69) is 10.6 Å². The summed E-state index contributed by atoms with van der Waals surface area (Å²) in [5, 5.41) is 5.72. The predicted molar refractivity (Wildman–Crippen MR) is 95.4 cm³/mol. The Balaban J connectivity index is 1.67. The van der Waals surface area contributed by atoms with Gasteiger partial charge >= 0.3 is 0 Å². The molecule has 0 aliphatic carbocycles. The number of benzene rings is 2. The molecule has 2 amide bonds. The summed E-state index contributed by atoms with van der Waals surface area (Å²) < 4.78 is 0. The van der Waals surface area contributed by atoms with Crippen molar-refractivity contribution in [1.82, 2.24) is 5.32 Å². The molecule has 0 aliphatic rings. The summed E-state index contributed by atoms with van der Waals surface area (Å²) in [7, 11) is 0. The van der Waals surface area contributed by atoms with Crippen molar-refractivity contribution in [2.75, 3.05) is 16.8 Å². The Morgan fingerprint density at radius 3 is 2.13 bits per heavy atom. The molecule has 0 fully saturated rings. The van der Waals surface area contributed by atoms with E-state index in [0.29, 0.717) is 0 Å². The van der Waals surface area contributed by atoms with Crippen molar-refractivity contribution >= 4 is 29.3 Å². The van der Waals surface area contributed by atoms with Crippen molar-refractivity contribution in [3.05, 3.63) is 66.2 Å². The van der Waals surface area contributed by atoms with Crippen LogP contribution >= 0.6 is 11.8 Å². The highest BCUT2D eigenvalue weighted by Crippen LogP contribution is 2.12. The summed E-state index contributed by atoms with van der Waals surface area (Å²) in [5.41, 5.74) is 1.83. The van der Waals surface area contributed by atoms with E-state index >= 15 is 0 Å². The van der Waals surface area contributed by atoms with Gasteiger partial charge in [0.15, 0.2) is 0 Å². The second kappa shape index (κ2) is 9.00. The molecule has 2 N–H and O–H groups in total. The highest BCUT2D eigenvalue weighted by molar-refractivity contribution is 8.00. The van der Waals surface area contributed by atoms with Gasteiger partial charge in [-0.05, 0) is 24.6 Å². The summed E-state index contributed by atoms with van der Waals surface area (Å²) in [4.78, 5) is 23.7. The Kier molecular flexibility index (Phi) is 6.69. The van der Waals surface area contributed by atoms with E-state index in [-0.39, 0.29) is 29.4 Å². The zero-order chi connectivity index (χ0) is 16.5. The number of carbonyl (C=O) groups is 2. The van der Waals surface area contributed by atoms with Gasteiger partial charge in [0.25, 0.3) is 0 Å². The second-order valence-electron chi connectivity index (χ2n) is 5.11. The van der Waals surface area contributed by atoms with Crippen LogP contribution in [-0.4, -0.2) is 23.3 Å². The van der Waals surface area contributed by atoms with E-state index in [4.69, 9.17) is 0 Å². The lowest BCUT2D eigenvalue weighted by atomic mass is 10.1. The van der Waals surface area contributed by atoms with Crippen molar-refractivity contribution in [2.45, 2.75) is 13.0 Å². The van der Waals surface area contributed by atoms with Crippen molar-refractivity contribution in [2.24, 2.45) is 0 Å². The van der Waals surface area contributed by atoms with Crippen LogP contribution in [-0.2, 0) is 9.59 Å². The smallest absolute Gasteiger partial charge is 0.234 e. The predicted octanol–water partition coefficient (Wildman–Crippen LogP) is 3.24. The van der Waals surface area contributed by atoms with Crippen LogP contribution in [0.25, 0.3) is 0 Å². The fourth-order valence-corrected chi connectivity index (χ4v) is 2.69. The number of para-hydroxylation sites is 1. The fraction of sp³-hybridized carbons (Fsp3) is 0.222. The van der Waals surface area contributed by atoms with Gasteiger partial charge in [-0.3, -0.25) is 9.59 Å². The minimum absolute atomic E-state index is 0.0394. The minimum atomic E-state index is -0.106. The third kappa shape index (κ3) is 6.16. The molecule has 0 saturated heterocycles. The normalized spacial score (nSPS) is 11.5. The fourth-order valence-electron chi connectivity index (χ4n) is 2.06. The monoisotopic (exact) mass is 328 g/mol. The van der Waals surface area contributed by atoms with Gasteiger partial charge in [0.05, 0.1) is 17.5 Å². The van der Waals surface area contributed by atoms with Crippen LogP contribution in [0.2, 0.25) is 0 Å². The highest BCUT2D eigenvalue weighted by Gasteiger charge is 2.10. The van der Waals surface area contributed by atoms with Crippen molar-refractivity contribution < 1.29 is 9.59 Å². The van der Waals surface area contributed by atoms with Crippen LogP contribution in [0.4, 0.5) is 5.69 Å². The third-order valence-electron chi connectivity index (χ3n) is 3.20. The Labute approximate surface area is 140 Å². The molecule has 4 nitrogen and oxygen atoms in total. The minimum Gasteiger partial charge on any atom is -0.349 e. The average Bonchev–Trinajstić information content (AvgIpc) is 2.56. The molecule has 0 radical (unpaired) electrons. The highest BCUT2D eigenvalue weighted by atomic mass is 32.2. The standard InChI is InChI=1S/C18H20N2O2S/c1-14(15-8-4-2-5-9-15)19-17(21)12-23-13-18(22)20-16-10-6-3-7-11-16/h2-11,14H,12-13H2,1H3,(H,19,21)(H,20,22)/t14-/m1/s1. The van der Waals surface area contributed by atoms with Crippen LogP contribution in [0.3, 0.4) is 0 Å². The second-order valence-corrected chi connectivity index (χ2v) is 6.09. The third-order valence-corrected chi connectivity index (χ3v) is 4.13. The lowest BCUT2D eigenvalue weighted by molar-refractivity contribution is -0.119. The number of nitrogens with one attached hydrogen (secondary N) is 2. The topological polar surface area (TPSA) is 58.2 Å². The lowest BCUT2D eigenvalue weighted by Gasteiger charge is -2.14. The molecule has 2 aromatic rings. The molecule has 1 atom stereocenters. The van der Waals surface area contributed by atoms with Gasteiger partial charge in [-0.2, -0.15) is 0 Å². The number of amides is 2. The first-order chi connectivity index (χ1) is 11.1. The molecule has 120 valence electrons. The van der Waals surface area contributed by atoms with E-state index in [1.807, 2.05) is 67.6 Å². The molecular weight excluding hydrogens is 308 g/mol. The number of hydrogen-bond donors (Lipinski definition) is 2. The molecule has 0 aliphatic heterocycles. The number of anilines is 1. The van der Waals surface area contributed by atoms with Gasteiger partial charge in [0, 0.05) is 5.69 Å². The number of rotatable bonds is 7. The van der Waals surface area contributed by atoms with E-state index in [1.165, 1.54) is 11.8 Å². The Bertz CT molecular complexity index is 632. The van der Waals surface area contributed by atoms with Crippen molar-refractivity contribution in [3.8, 4) is 0 Å². The maximum atomic E-state index is 11.9. The Morgan fingerprint density at radius 2 is 1.48 bits per heavy atom. The summed E-state index contributed by atoms with van der Waals surface area (Å²) in [6, 6.07) is 19.0. The van der Waals surface area contributed by atoms with Crippen molar-refractivity contribution in [1.29, 1.82) is 0 Å². The van der Waals surface area contributed by atoms with Gasteiger partial charge in [-0.15, -0.1) is 11.8 Å². The number of carbonyl (C=O) groups excluding carboxylic acids is 2. The van der Waals surface area contributed by atoms with E-state index < -0.39 is 0 Å². The molecule has 0 saturated carbocycles. The molecule has 23 heavy (non-hydrogen) atoms. The Morgan fingerprint density at radius 1 is 0.913 bits per heavy atom. The number of thioether (sulfide) groups is 1. The van der Waals surface area contributed by atoms with Crippen LogP contribution in [0.1, 0.15) is 18.5 Å². The summed E-state index contributed by atoms with van der Waals surface area (Å²) in [6.45, 7) is 1.94. The summed E-state index contributed by atoms with van der Waals surface area (Å²) in [6.07, 6.45) is 0. The molecule has 2 rings (SSSR count). The maximum absolute atomic E-state index is 11.9. The van der Waals surface area contributed by atoms with E-state index in [0.717, 1.165) is 11.3 Å². The van der Waals surface area contributed by atoms with E-state index in [9.17, 15) is 9.59 Å². The lowest BCUT2D eigenvalue weighted by Crippen LogP contribution is -2.28. The SMILES string of the molecule is C[C@@H](NC(=O)CSCC(=O)Nc1ccccc1)c1ccccc1. The molecule has 0 unspecified atom stereocenters. The van der Waals surface area contributed by atoms with E-state index in [1.54, 1.807) is 0 Å².